The van der Waals surface area contributed by atoms with Crippen molar-refractivity contribution in [2.75, 3.05) is 13.1 Å². The molecule has 1 atom stereocenters. The van der Waals surface area contributed by atoms with Crippen molar-refractivity contribution in [1.82, 2.24) is 4.90 Å². The molecule has 1 aliphatic rings. The molecule has 1 aliphatic heterocycles. The van der Waals surface area contributed by atoms with E-state index in [4.69, 9.17) is 5.73 Å². The van der Waals surface area contributed by atoms with Crippen LogP contribution in [0.3, 0.4) is 0 Å². The minimum atomic E-state index is 0. The lowest BCUT2D eigenvalue weighted by Gasteiger charge is -2.35. The number of carbonyl (C=O) groups excluding carboxylic acids is 2. The van der Waals surface area contributed by atoms with Crippen LogP contribution in [0, 0.1) is 0 Å². The third-order valence-corrected chi connectivity index (χ3v) is 5.13. The lowest BCUT2D eigenvalue weighted by atomic mass is 9.98. The van der Waals surface area contributed by atoms with Crippen LogP contribution in [0.25, 0.3) is 11.1 Å². The van der Waals surface area contributed by atoms with Crippen molar-refractivity contribution in [3.8, 4) is 11.1 Å². The van der Waals surface area contributed by atoms with Crippen molar-refractivity contribution in [1.29, 1.82) is 0 Å². The van der Waals surface area contributed by atoms with E-state index in [0.29, 0.717) is 18.5 Å². The number of amides is 1. The number of rotatable bonds is 5. The summed E-state index contributed by atoms with van der Waals surface area (Å²) >= 11 is 0. The number of likely N-dealkylation sites (tertiary alicyclic amines) is 1. The van der Waals surface area contributed by atoms with E-state index in [1.54, 1.807) is 0 Å². The average Bonchev–Trinajstić information content (AvgIpc) is 2.72. The fourth-order valence-corrected chi connectivity index (χ4v) is 3.56. The number of piperidine rings is 1. The van der Waals surface area contributed by atoms with Gasteiger partial charge < -0.3 is 10.6 Å². The lowest BCUT2D eigenvalue weighted by molar-refractivity contribution is 0.0623. The second-order valence-electron chi connectivity index (χ2n) is 6.82. The molecule has 0 bridgehead atoms. The van der Waals surface area contributed by atoms with Crippen molar-refractivity contribution in [3.63, 3.8) is 0 Å². The van der Waals surface area contributed by atoms with Gasteiger partial charge in [0.05, 0.1) is 0 Å². The van der Waals surface area contributed by atoms with Gasteiger partial charge in [-0.2, -0.15) is 0 Å². The summed E-state index contributed by atoms with van der Waals surface area (Å²) in [7, 11) is 0. The third-order valence-electron chi connectivity index (χ3n) is 5.13. The summed E-state index contributed by atoms with van der Waals surface area (Å²) in [6.45, 7) is 3.16. The van der Waals surface area contributed by atoms with E-state index in [9.17, 15) is 9.59 Å². The first-order valence-electron chi connectivity index (χ1n) is 9.38. The van der Waals surface area contributed by atoms with Crippen molar-refractivity contribution >= 4 is 24.1 Å². The number of benzene rings is 2. The lowest BCUT2D eigenvalue weighted by Crippen LogP contribution is -2.47. The first kappa shape index (κ1) is 21.1. The number of nitrogens with zero attached hydrogens (tertiary/aromatic N) is 1. The minimum Gasteiger partial charge on any atom is -0.334 e. The molecule has 1 saturated heterocycles. The summed E-state index contributed by atoms with van der Waals surface area (Å²) in [5.41, 5.74) is 9.24. The first-order chi connectivity index (χ1) is 12.6. The van der Waals surface area contributed by atoms with Crippen molar-refractivity contribution < 1.29 is 9.59 Å². The highest BCUT2D eigenvalue weighted by Crippen LogP contribution is 2.24. The summed E-state index contributed by atoms with van der Waals surface area (Å²) in [5.74, 6) is 0.193. The maximum absolute atomic E-state index is 12.8. The number of carbonyl (C=O) groups is 2. The first-order valence-corrected chi connectivity index (χ1v) is 9.38. The smallest absolute Gasteiger partial charge is 0.254 e. The largest absolute Gasteiger partial charge is 0.334 e. The second-order valence-corrected chi connectivity index (χ2v) is 6.82. The molecule has 0 aromatic heterocycles. The predicted molar refractivity (Wildman–Crippen MR) is 111 cm³/mol. The van der Waals surface area contributed by atoms with Crippen molar-refractivity contribution in [2.45, 2.75) is 38.6 Å². The number of ketones is 1. The van der Waals surface area contributed by atoms with Crippen LogP contribution in [0.2, 0.25) is 0 Å². The summed E-state index contributed by atoms with van der Waals surface area (Å²) in [6.07, 6.45) is 3.66. The maximum Gasteiger partial charge on any atom is 0.254 e. The van der Waals surface area contributed by atoms with Crippen LogP contribution >= 0.6 is 12.4 Å². The van der Waals surface area contributed by atoms with E-state index >= 15 is 0 Å². The topological polar surface area (TPSA) is 63.4 Å². The molecule has 144 valence electrons. The third kappa shape index (κ3) is 4.76. The normalized spacial score (nSPS) is 16.5. The molecule has 5 heteroatoms. The zero-order valence-electron chi connectivity index (χ0n) is 15.7. The van der Waals surface area contributed by atoms with E-state index < -0.39 is 0 Å². The molecule has 0 spiro atoms. The molecule has 2 aromatic carbocycles. The van der Waals surface area contributed by atoms with Gasteiger partial charge in [0.1, 0.15) is 0 Å². The van der Waals surface area contributed by atoms with Crippen LogP contribution < -0.4 is 5.73 Å². The van der Waals surface area contributed by atoms with Gasteiger partial charge in [-0.15, -0.1) is 12.4 Å². The number of hydrogen-bond acceptors (Lipinski definition) is 3. The molecule has 0 radical (unpaired) electrons. The summed E-state index contributed by atoms with van der Waals surface area (Å²) in [6, 6.07) is 15.4. The Morgan fingerprint density at radius 1 is 1.04 bits per heavy atom. The Kier molecular flexibility index (Phi) is 7.57. The average molecular weight is 387 g/mol. The highest BCUT2D eigenvalue weighted by Gasteiger charge is 2.26. The van der Waals surface area contributed by atoms with Gasteiger partial charge in [0, 0.05) is 36.7 Å². The van der Waals surface area contributed by atoms with Crippen LogP contribution in [0.1, 0.15) is 53.3 Å². The van der Waals surface area contributed by atoms with Crippen LogP contribution in [0.5, 0.6) is 0 Å². The van der Waals surface area contributed by atoms with Crippen LogP contribution in [-0.2, 0) is 0 Å². The monoisotopic (exact) mass is 386 g/mol. The van der Waals surface area contributed by atoms with Gasteiger partial charge >= 0.3 is 0 Å². The Hall–Kier alpha value is -2.17. The van der Waals surface area contributed by atoms with Gasteiger partial charge in [0.2, 0.25) is 0 Å². The number of hydrogen-bond donors (Lipinski definition) is 1. The fraction of sp³-hybridized carbons (Fsp3) is 0.364. The zero-order chi connectivity index (χ0) is 18.5. The van der Waals surface area contributed by atoms with E-state index in [1.807, 2.05) is 60.4 Å². The molecule has 1 heterocycles. The quantitative estimate of drug-likeness (QED) is 0.778. The number of nitrogens with two attached hydrogens (primary N) is 1. The molecule has 1 unspecified atom stereocenters. The fourth-order valence-electron chi connectivity index (χ4n) is 3.56. The number of halogens is 1. The molecule has 0 aliphatic carbocycles. The Bertz CT molecular complexity index is 789. The molecule has 27 heavy (non-hydrogen) atoms. The maximum atomic E-state index is 12.8. The Balaban J connectivity index is 0.00000261. The molecule has 2 N–H and O–H groups in total. The van der Waals surface area contributed by atoms with E-state index in [-0.39, 0.29) is 30.1 Å². The second kappa shape index (κ2) is 9.67. The Labute approximate surface area is 167 Å². The standard InChI is InChI=1S/C22H26N2O2.ClH/c1-2-21(25)19-7-5-6-18(14-19)16-9-11-17(12-10-16)22(26)24-13-4-3-8-20(24)15-23;/h5-7,9-12,14,20H,2-4,8,13,15,23H2,1H3;1H. The van der Waals surface area contributed by atoms with Crippen molar-refractivity contribution in [2.24, 2.45) is 5.73 Å². The molecule has 0 saturated carbocycles. The molecular formula is C22H27ClN2O2. The van der Waals surface area contributed by atoms with Gasteiger partial charge in [-0.05, 0) is 48.6 Å². The van der Waals surface area contributed by atoms with Gasteiger partial charge in [0.15, 0.2) is 5.78 Å². The Morgan fingerprint density at radius 2 is 1.78 bits per heavy atom. The molecule has 3 rings (SSSR count). The molecule has 1 amide bonds. The Morgan fingerprint density at radius 3 is 2.44 bits per heavy atom. The van der Waals surface area contributed by atoms with Gasteiger partial charge in [0.25, 0.3) is 5.91 Å². The van der Waals surface area contributed by atoms with Crippen molar-refractivity contribution in [3.05, 3.63) is 59.7 Å². The molecule has 1 fully saturated rings. The molecule has 4 nitrogen and oxygen atoms in total. The summed E-state index contributed by atoms with van der Waals surface area (Å²) in [5, 5.41) is 0. The summed E-state index contributed by atoms with van der Waals surface area (Å²) < 4.78 is 0. The highest BCUT2D eigenvalue weighted by molar-refractivity contribution is 5.97. The molecule has 2 aromatic rings. The van der Waals surface area contributed by atoms with E-state index in [1.165, 1.54) is 0 Å². The van der Waals surface area contributed by atoms with Gasteiger partial charge in [-0.3, -0.25) is 9.59 Å². The number of Topliss-reactive ketones (excluding diaryl/α,β-unsaturated/α-hetero) is 1. The minimum absolute atomic E-state index is 0. The van der Waals surface area contributed by atoms with E-state index in [2.05, 4.69) is 0 Å². The van der Waals surface area contributed by atoms with Crippen LogP contribution in [0.4, 0.5) is 0 Å². The molecular weight excluding hydrogens is 360 g/mol. The van der Waals surface area contributed by atoms with Crippen LogP contribution in [-0.4, -0.2) is 35.7 Å². The SMILES string of the molecule is CCC(=O)c1cccc(-c2ccc(C(=O)N3CCCCC3CN)cc2)c1.Cl. The van der Waals surface area contributed by atoms with Gasteiger partial charge in [-0.25, -0.2) is 0 Å². The van der Waals surface area contributed by atoms with E-state index in [0.717, 1.165) is 42.5 Å². The summed E-state index contributed by atoms with van der Waals surface area (Å²) in [4.78, 5) is 26.7. The van der Waals surface area contributed by atoms with Gasteiger partial charge in [-0.1, -0.05) is 37.3 Å². The van der Waals surface area contributed by atoms with Crippen LogP contribution in [0.15, 0.2) is 48.5 Å². The predicted octanol–water partition coefficient (Wildman–Crippen LogP) is 4.32. The zero-order valence-corrected chi connectivity index (χ0v) is 16.5. The highest BCUT2D eigenvalue weighted by atomic mass is 35.5.